The topological polar surface area (TPSA) is 98.1 Å². The maximum Gasteiger partial charge on any atom is 0.234 e. The largest absolute Gasteiger partial charge is 0.507 e. The van der Waals surface area contributed by atoms with E-state index >= 15 is 0 Å². The molecule has 1 aromatic carbocycles. The molecule has 0 spiro atoms. The van der Waals surface area contributed by atoms with Crippen molar-refractivity contribution in [1.29, 1.82) is 0 Å². The van der Waals surface area contributed by atoms with Crippen LogP contribution in [-0.2, 0) is 16.1 Å². The van der Waals surface area contributed by atoms with Crippen molar-refractivity contribution in [2.24, 2.45) is 17.8 Å². The number of phenols is 1. The van der Waals surface area contributed by atoms with Crippen molar-refractivity contribution in [1.82, 2.24) is 4.90 Å². The Morgan fingerprint density at radius 1 is 1.15 bits per heavy atom. The third kappa shape index (κ3) is 6.06. The number of carbonyl (C=O) groups excluding carboxylic acids is 2. The van der Waals surface area contributed by atoms with Crippen molar-refractivity contribution in [3.05, 3.63) is 67.9 Å². The molecule has 1 fully saturated rings. The third-order valence-electron chi connectivity index (χ3n) is 8.35. The van der Waals surface area contributed by atoms with Crippen LogP contribution in [0.1, 0.15) is 73.9 Å². The molecule has 4 atom stereocenters. The Balaban J connectivity index is 1.55. The number of amides is 2. The number of aryl methyl sites for hydroxylation is 2. The quantitative estimate of drug-likeness (QED) is 0.238. The van der Waals surface area contributed by atoms with E-state index < -0.39 is 23.9 Å². The van der Waals surface area contributed by atoms with Crippen LogP contribution in [0.15, 0.2) is 46.4 Å². The first-order chi connectivity index (χ1) is 18.7. The molecule has 1 aromatic heterocycles. The lowest BCUT2D eigenvalue weighted by atomic mass is 9.67. The van der Waals surface area contributed by atoms with Crippen molar-refractivity contribution < 1.29 is 24.9 Å². The van der Waals surface area contributed by atoms with Gasteiger partial charge >= 0.3 is 0 Å². The zero-order chi connectivity index (χ0) is 28.3. The molecule has 39 heavy (non-hydrogen) atoms. The average Bonchev–Trinajstić information content (AvgIpc) is 3.52. The van der Waals surface area contributed by atoms with Gasteiger partial charge in [-0.15, -0.1) is 11.3 Å². The number of fused-ring (bicyclic) bond motifs is 1. The first kappa shape index (κ1) is 29.2. The number of nitrogens with zero attached hydrogens (tertiary/aromatic N) is 1. The fourth-order valence-corrected chi connectivity index (χ4v) is 7.15. The highest BCUT2D eigenvalue weighted by Gasteiger charge is 2.54. The monoisotopic (exact) mass is 551 g/mol. The summed E-state index contributed by atoms with van der Waals surface area (Å²) in [5.74, 6) is -1.74. The summed E-state index contributed by atoms with van der Waals surface area (Å²) in [7, 11) is 0. The summed E-state index contributed by atoms with van der Waals surface area (Å²) >= 11 is 1.52. The molecule has 0 unspecified atom stereocenters. The number of benzene rings is 1. The first-order valence-electron chi connectivity index (χ1n) is 14.1. The summed E-state index contributed by atoms with van der Waals surface area (Å²) < 4.78 is 0. The number of aliphatic hydroxyl groups is 2. The molecule has 2 heterocycles. The predicted molar refractivity (Wildman–Crippen MR) is 155 cm³/mol. The molecule has 0 bridgehead atoms. The summed E-state index contributed by atoms with van der Waals surface area (Å²) in [4.78, 5) is 29.1. The number of aliphatic hydroxyl groups excluding tert-OH is 2. The number of rotatable bonds is 11. The number of hydrogen-bond donors (Lipinski definition) is 3. The minimum Gasteiger partial charge on any atom is -0.507 e. The molecule has 2 aromatic rings. The van der Waals surface area contributed by atoms with Gasteiger partial charge in [-0.2, -0.15) is 0 Å². The third-order valence-corrected chi connectivity index (χ3v) is 9.21. The highest BCUT2D eigenvalue weighted by atomic mass is 32.1. The Kier molecular flexibility index (Phi) is 9.47. The van der Waals surface area contributed by atoms with Gasteiger partial charge in [-0.3, -0.25) is 14.5 Å². The van der Waals surface area contributed by atoms with E-state index in [-0.39, 0.29) is 25.0 Å². The molecular weight excluding hydrogens is 510 g/mol. The lowest BCUT2D eigenvalue weighted by Crippen LogP contribution is -2.39. The van der Waals surface area contributed by atoms with E-state index in [1.807, 2.05) is 50.4 Å². The number of likely N-dealkylation sites (tertiary alicyclic amines) is 1. The SMILES string of the molecule is CCC/C(=C\c1cc(C)c(O)c(C)c1)CC[C@@H](O)C1=C(CC)C[C@H]2C(=O)N(Cc3cccs3)C(=O)[C@H]2[C@H]1CO. The standard InChI is InChI=1S/C32H41NO5S/c1-5-8-21(15-22-13-19(3)30(36)20(4)14-22)10-11-27(35)28-23(6-2)16-25-29(26(28)18-34)32(38)33(31(25)37)17-24-9-7-12-39-24/h7,9,12-15,25-27,29,34-36H,5-6,8,10-11,16-18H2,1-4H3/b21-15+/t25-,26+,27-,29-/m1/s1. The molecule has 0 radical (unpaired) electrons. The van der Waals surface area contributed by atoms with E-state index in [1.165, 1.54) is 21.8 Å². The van der Waals surface area contributed by atoms with Gasteiger partial charge < -0.3 is 15.3 Å². The van der Waals surface area contributed by atoms with Gasteiger partial charge in [0, 0.05) is 10.8 Å². The van der Waals surface area contributed by atoms with Gasteiger partial charge in [0.15, 0.2) is 0 Å². The van der Waals surface area contributed by atoms with Gasteiger partial charge in [0.1, 0.15) is 5.75 Å². The number of hydrogen-bond acceptors (Lipinski definition) is 6. The van der Waals surface area contributed by atoms with Crippen LogP contribution < -0.4 is 0 Å². The van der Waals surface area contributed by atoms with E-state index in [2.05, 4.69) is 13.0 Å². The molecule has 1 aliphatic heterocycles. The number of carbonyl (C=O) groups is 2. The second-order valence-electron chi connectivity index (χ2n) is 11.0. The van der Waals surface area contributed by atoms with Gasteiger partial charge in [-0.05, 0) is 91.8 Å². The van der Waals surface area contributed by atoms with Crippen molar-refractivity contribution in [2.75, 3.05) is 6.61 Å². The van der Waals surface area contributed by atoms with E-state index in [0.29, 0.717) is 31.4 Å². The Morgan fingerprint density at radius 2 is 1.87 bits per heavy atom. The van der Waals surface area contributed by atoms with Crippen molar-refractivity contribution in [2.45, 2.75) is 78.9 Å². The van der Waals surface area contributed by atoms with Crippen LogP contribution >= 0.6 is 11.3 Å². The van der Waals surface area contributed by atoms with Gasteiger partial charge in [0.05, 0.1) is 31.1 Å². The summed E-state index contributed by atoms with van der Waals surface area (Å²) in [5, 5.41) is 34.1. The summed E-state index contributed by atoms with van der Waals surface area (Å²) in [6, 6.07) is 7.77. The van der Waals surface area contributed by atoms with Crippen molar-refractivity contribution >= 4 is 29.2 Å². The minimum atomic E-state index is -0.796. The van der Waals surface area contributed by atoms with Gasteiger partial charge in [-0.25, -0.2) is 0 Å². The van der Waals surface area contributed by atoms with Crippen molar-refractivity contribution in [3.8, 4) is 5.75 Å². The lowest BCUT2D eigenvalue weighted by Gasteiger charge is -2.36. The minimum absolute atomic E-state index is 0.163. The van der Waals surface area contributed by atoms with E-state index in [0.717, 1.165) is 45.6 Å². The number of allylic oxidation sites excluding steroid dienone is 2. The molecule has 7 heteroatoms. The van der Waals surface area contributed by atoms with Crippen LogP contribution in [-0.4, -0.2) is 44.7 Å². The maximum absolute atomic E-state index is 13.5. The van der Waals surface area contributed by atoms with Crippen LogP contribution in [0.3, 0.4) is 0 Å². The van der Waals surface area contributed by atoms with E-state index in [4.69, 9.17) is 0 Å². The predicted octanol–water partition coefficient (Wildman–Crippen LogP) is 5.92. The van der Waals surface area contributed by atoms with Crippen LogP contribution in [0, 0.1) is 31.6 Å². The van der Waals surface area contributed by atoms with Crippen LogP contribution in [0.2, 0.25) is 0 Å². The van der Waals surface area contributed by atoms with Crippen LogP contribution in [0.4, 0.5) is 0 Å². The van der Waals surface area contributed by atoms with E-state index in [1.54, 1.807) is 0 Å². The van der Waals surface area contributed by atoms with Gasteiger partial charge in [0.2, 0.25) is 11.8 Å². The van der Waals surface area contributed by atoms with E-state index in [9.17, 15) is 24.9 Å². The number of thiophene rings is 1. The lowest BCUT2D eigenvalue weighted by molar-refractivity contribution is -0.140. The molecule has 3 N–H and O–H groups in total. The molecule has 210 valence electrons. The second-order valence-corrected chi connectivity index (χ2v) is 12.0. The Hall–Kier alpha value is -2.74. The zero-order valence-electron chi connectivity index (χ0n) is 23.4. The highest BCUT2D eigenvalue weighted by molar-refractivity contribution is 7.09. The average molecular weight is 552 g/mol. The Labute approximate surface area is 235 Å². The summed E-state index contributed by atoms with van der Waals surface area (Å²) in [6.45, 7) is 7.92. The normalized spacial score (nSPS) is 22.6. The molecule has 4 rings (SSSR count). The fourth-order valence-electron chi connectivity index (χ4n) is 6.45. The Bertz CT molecular complexity index is 1240. The molecule has 1 saturated heterocycles. The van der Waals surface area contributed by atoms with Crippen LogP contribution in [0.5, 0.6) is 5.75 Å². The number of imide groups is 1. The summed E-state index contributed by atoms with van der Waals surface area (Å²) in [5.41, 5.74) is 5.66. The van der Waals surface area contributed by atoms with Gasteiger partial charge in [-0.1, -0.05) is 43.6 Å². The number of aromatic hydroxyl groups is 1. The Morgan fingerprint density at radius 3 is 2.46 bits per heavy atom. The molecule has 2 aliphatic rings. The van der Waals surface area contributed by atoms with Gasteiger partial charge in [0.25, 0.3) is 0 Å². The molecular formula is C32H41NO5S. The second kappa shape index (κ2) is 12.6. The molecule has 2 amide bonds. The molecule has 6 nitrogen and oxygen atoms in total. The fraction of sp³-hybridized carbons (Fsp3) is 0.500. The van der Waals surface area contributed by atoms with Crippen molar-refractivity contribution in [3.63, 3.8) is 0 Å². The van der Waals surface area contributed by atoms with Crippen LogP contribution in [0.25, 0.3) is 6.08 Å². The number of phenolic OH excluding ortho intramolecular Hbond substituents is 1. The smallest absolute Gasteiger partial charge is 0.234 e. The summed E-state index contributed by atoms with van der Waals surface area (Å²) in [6.07, 6.45) is 5.50. The maximum atomic E-state index is 13.5. The first-order valence-corrected chi connectivity index (χ1v) is 15.0. The highest BCUT2D eigenvalue weighted by Crippen LogP contribution is 2.47. The zero-order valence-corrected chi connectivity index (χ0v) is 24.3. The molecule has 1 aliphatic carbocycles. The molecule has 0 saturated carbocycles.